The Kier molecular flexibility index (Phi) is 8.04. The molecule has 0 fully saturated rings. The third-order valence-corrected chi connectivity index (χ3v) is 3.12. The molecule has 0 saturated carbocycles. The molecule has 1 aromatic rings. The van der Waals surface area contributed by atoms with Crippen LogP contribution in [0.4, 0.5) is 8.78 Å². The van der Waals surface area contributed by atoms with Gasteiger partial charge in [-0.2, -0.15) is 0 Å². The Labute approximate surface area is 119 Å². The van der Waals surface area contributed by atoms with Crippen LogP contribution in [0.5, 0.6) is 0 Å². The molecule has 0 aliphatic heterocycles. The van der Waals surface area contributed by atoms with Crippen molar-refractivity contribution in [2.24, 2.45) is 0 Å². The molecule has 1 rings (SSSR count). The summed E-state index contributed by atoms with van der Waals surface area (Å²) in [6.45, 7) is 2.62. The fourth-order valence-electron chi connectivity index (χ4n) is 1.90. The average molecular weight is 284 g/mol. The monoisotopic (exact) mass is 284 g/mol. The van der Waals surface area contributed by atoms with E-state index in [0.717, 1.165) is 25.0 Å². The van der Waals surface area contributed by atoms with E-state index in [1.165, 1.54) is 31.7 Å². The number of ketones is 1. The predicted octanol–water partition coefficient (Wildman–Crippen LogP) is 4.52. The number of hydrogen-bond donors (Lipinski definition) is 0. The van der Waals surface area contributed by atoms with Crippen molar-refractivity contribution in [3.8, 4) is 0 Å². The minimum absolute atomic E-state index is 0.0833. The summed E-state index contributed by atoms with van der Waals surface area (Å²) in [4.78, 5) is 11.7. The third-order valence-electron chi connectivity index (χ3n) is 3.12. The van der Waals surface area contributed by atoms with Crippen LogP contribution in [0.15, 0.2) is 18.2 Å². The second-order valence-corrected chi connectivity index (χ2v) is 4.87. The van der Waals surface area contributed by atoms with Crippen molar-refractivity contribution in [3.05, 3.63) is 35.4 Å². The Hall–Kier alpha value is -1.29. The van der Waals surface area contributed by atoms with E-state index in [1.807, 2.05) is 0 Å². The third kappa shape index (κ3) is 6.24. The van der Waals surface area contributed by atoms with Gasteiger partial charge in [0, 0.05) is 12.2 Å². The molecule has 0 amide bonds. The average Bonchev–Trinajstić information content (AvgIpc) is 2.44. The van der Waals surface area contributed by atoms with Crippen molar-refractivity contribution in [1.29, 1.82) is 0 Å². The van der Waals surface area contributed by atoms with Gasteiger partial charge in [-0.3, -0.25) is 4.79 Å². The van der Waals surface area contributed by atoms with E-state index in [-0.39, 0.29) is 18.0 Å². The predicted molar refractivity (Wildman–Crippen MR) is 74.9 cm³/mol. The van der Waals surface area contributed by atoms with Crippen LogP contribution in [0.25, 0.3) is 0 Å². The first kappa shape index (κ1) is 16.8. The molecule has 0 bridgehead atoms. The molecule has 0 aliphatic rings. The molecule has 0 radical (unpaired) electrons. The van der Waals surface area contributed by atoms with Gasteiger partial charge in [0.1, 0.15) is 6.61 Å². The van der Waals surface area contributed by atoms with Gasteiger partial charge in [-0.1, -0.05) is 39.0 Å². The van der Waals surface area contributed by atoms with Crippen LogP contribution in [0.3, 0.4) is 0 Å². The summed E-state index contributed by atoms with van der Waals surface area (Å²) in [5, 5.41) is 0. The number of benzene rings is 1. The van der Waals surface area contributed by atoms with Crippen molar-refractivity contribution < 1.29 is 18.3 Å². The van der Waals surface area contributed by atoms with E-state index < -0.39 is 11.6 Å². The lowest BCUT2D eigenvalue weighted by Gasteiger charge is -2.04. The van der Waals surface area contributed by atoms with Gasteiger partial charge in [-0.15, -0.1) is 0 Å². The summed E-state index contributed by atoms with van der Waals surface area (Å²) in [6.07, 6.45) is 6.93. The number of hydrogen-bond acceptors (Lipinski definition) is 2. The topological polar surface area (TPSA) is 26.3 Å². The number of halogens is 2. The first-order valence-electron chi connectivity index (χ1n) is 7.21. The maximum Gasteiger partial charge on any atom is 0.188 e. The van der Waals surface area contributed by atoms with Gasteiger partial charge in [0.15, 0.2) is 17.4 Å². The van der Waals surface area contributed by atoms with E-state index in [2.05, 4.69) is 6.92 Å². The smallest absolute Gasteiger partial charge is 0.188 e. The molecule has 0 aromatic heterocycles. The molecule has 112 valence electrons. The van der Waals surface area contributed by atoms with Gasteiger partial charge in [0.2, 0.25) is 0 Å². The zero-order chi connectivity index (χ0) is 14.8. The van der Waals surface area contributed by atoms with Crippen molar-refractivity contribution in [2.75, 3.05) is 13.2 Å². The summed E-state index contributed by atoms with van der Waals surface area (Å²) < 4.78 is 30.9. The highest BCUT2D eigenvalue weighted by molar-refractivity contribution is 5.97. The molecule has 20 heavy (non-hydrogen) atoms. The van der Waals surface area contributed by atoms with Gasteiger partial charge >= 0.3 is 0 Å². The van der Waals surface area contributed by atoms with Gasteiger partial charge in [0.25, 0.3) is 0 Å². The zero-order valence-corrected chi connectivity index (χ0v) is 12.0. The fraction of sp³-hybridized carbons (Fsp3) is 0.562. The largest absolute Gasteiger partial charge is 0.373 e. The molecule has 0 N–H and O–H groups in total. The lowest BCUT2D eigenvalue weighted by molar-refractivity contribution is 0.0752. The van der Waals surface area contributed by atoms with Gasteiger partial charge in [-0.05, 0) is 24.6 Å². The standard InChI is InChI=1S/C16H22F2O2/c1-2-3-4-5-6-7-10-20-12-16(19)13-8-9-14(17)15(18)11-13/h8-9,11H,2-7,10,12H2,1H3. The lowest BCUT2D eigenvalue weighted by atomic mass is 10.1. The molecule has 0 unspecified atom stereocenters. The molecule has 4 heteroatoms. The summed E-state index contributed by atoms with van der Waals surface area (Å²) in [5.41, 5.74) is 0.145. The number of carbonyl (C=O) groups excluding carboxylic acids is 1. The lowest BCUT2D eigenvalue weighted by Crippen LogP contribution is -2.10. The van der Waals surface area contributed by atoms with Crippen LogP contribution in [0.2, 0.25) is 0 Å². The molecule has 0 saturated heterocycles. The highest BCUT2D eigenvalue weighted by Crippen LogP contribution is 2.10. The summed E-state index contributed by atoms with van der Waals surface area (Å²) in [5.74, 6) is -2.28. The van der Waals surface area contributed by atoms with E-state index in [4.69, 9.17) is 4.74 Å². The first-order chi connectivity index (χ1) is 9.65. The molecule has 0 spiro atoms. The van der Waals surface area contributed by atoms with Crippen LogP contribution in [0, 0.1) is 11.6 Å². The van der Waals surface area contributed by atoms with Crippen molar-refractivity contribution in [1.82, 2.24) is 0 Å². The molecule has 0 atom stereocenters. The molecule has 1 aromatic carbocycles. The quantitative estimate of drug-likeness (QED) is 0.466. The van der Waals surface area contributed by atoms with Crippen LogP contribution in [0.1, 0.15) is 55.8 Å². The highest BCUT2D eigenvalue weighted by Gasteiger charge is 2.09. The number of ether oxygens (including phenoxy) is 1. The summed E-state index contributed by atoms with van der Waals surface area (Å²) in [6, 6.07) is 3.14. The Morgan fingerprint density at radius 1 is 1.05 bits per heavy atom. The normalized spacial score (nSPS) is 10.8. The number of rotatable bonds is 10. The van der Waals surface area contributed by atoms with Gasteiger partial charge in [0.05, 0.1) is 0 Å². The van der Waals surface area contributed by atoms with Crippen LogP contribution in [-0.4, -0.2) is 19.0 Å². The molecular weight excluding hydrogens is 262 g/mol. The Bertz CT molecular complexity index is 419. The summed E-state index contributed by atoms with van der Waals surface area (Å²) >= 11 is 0. The molecular formula is C16H22F2O2. The maximum absolute atomic E-state index is 13.0. The van der Waals surface area contributed by atoms with Crippen molar-refractivity contribution >= 4 is 5.78 Å². The Morgan fingerprint density at radius 2 is 1.75 bits per heavy atom. The number of carbonyl (C=O) groups is 1. The fourth-order valence-corrected chi connectivity index (χ4v) is 1.90. The van der Waals surface area contributed by atoms with Gasteiger partial charge in [-0.25, -0.2) is 8.78 Å². The van der Waals surface area contributed by atoms with E-state index in [9.17, 15) is 13.6 Å². The minimum Gasteiger partial charge on any atom is -0.373 e. The van der Waals surface area contributed by atoms with Crippen molar-refractivity contribution in [3.63, 3.8) is 0 Å². The molecule has 0 aliphatic carbocycles. The van der Waals surface area contributed by atoms with E-state index >= 15 is 0 Å². The highest BCUT2D eigenvalue weighted by atomic mass is 19.2. The number of Topliss-reactive ketones (excluding diaryl/α,β-unsaturated/α-hetero) is 1. The second kappa shape index (κ2) is 9.59. The van der Waals surface area contributed by atoms with E-state index in [1.54, 1.807) is 0 Å². The number of unbranched alkanes of at least 4 members (excludes halogenated alkanes) is 5. The SMILES string of the molecule is CCCCCCCCOCC(=O)c1ccc(F)c(F)c1. The van der Waals surface area contributed by atoms with Crippen LogP contribution in [-0.2, 0) is 4.74 Å². The summed E-state index contributed by atoms with van der Waals surface area (Å²) in [7, 11) is 0. The zero-order valence-electron chi connectivity index (χ0n) is 12.0. The Balaban J connectivity index is 2.15. The second-order valence-electron chi connectivity index (χ2n) is 4.87. The first-order valence-corrected chi connectivity index (χ1v) is 7.21. The minimum atomic E-state index is -1.01. The van der Waals surface area contributed by atoms with Crippen LogP contribution >= 0.6 is 0 Å². The maximum atomic E-state index is 13.0. The Morgan fingerprint density at radius 3 is 2.45 bits per heavy atom. The van der Waals surface area contributed by atoms with Crippen LogP contribution < -0.4 is 0 Å². The molecule has 2 nitrogen and oxygen atoms in total. The van der Waals surface area contributed by atoms with Gasteiger partial charge < -0.3 is 4.74 Å². The molecule has 0 heterocycles. The van der Waals surface area contributed by atoms with Crippen molar-refractivity contribution in [2.45, 2.75) is 45.4 Å². The van der Waals surface area contributed by atoms with E-state index in [0.29, 0.717) is 6.61 Å².